The molecule has 4 nitrogen and oxygen atoms in total. The maximum Gasteiger partial charge on any atom is 0.322 e. The molecule has 0 saturated carbocycles. The summed E-state index contributed by atoms with van der Waals surface area (Å²) in [6, 6.07) is 1.23. The smallest absolute Gasteiger partial charge is 0.322 e. The molecule has 0 bridgehead atoms. The summed E-state index contributed by atoms with van der Waals surface area (Å²) in [6.07, 6.45) is 0. The maximum absolute atomic E-state index is 11.0. The number of carbonyl (C=O) groups excluding carboxylic acids is 1. The van der Waals surface area contributed by atoms with Gasteiger partial charge in [0, 0.05) is 0 Å². The lowest BCUT2D eigenvalue weighted by atomic mass is 10.3. The van der Waals surface area contributed by atoms with E-state index in [0.29, 0.717) is 6.61 Å². The van der Waals surface area contributed by atoms with E-state index in [-0.39, 0.29) is 12.0 Å². The van der Waals surface area contributed by atoms with E-state index in [2.05, 4.69) is 5.32 Å². The summed E-state index contributed by atoms with van der Waals surface area (Å²) in [5, 5.41) is 11.2. The van der Waals surface area contributed by atoms with Crippen LogP contribution in [-0.2, 0) is 9.53 Å². The summed E-state index contributed by atoms with van der Waals surface area (Å²) in [6.45, 7) is 5.48. The standard InChI is InChI=1S/C8H14N2O2/c1-4-12-8(11)7(3)10-6(2)5-9/h6-7,10H,4H2,1-3H3/t6?,7-/m0/s1. The summed E-state index contributed by atoms with van der Waals surface area (Å²) >= 11 is 0. The van der Waals surface area contributed by atoms with Crippen molar-refractivity contribution >= 4 is 5.97 Å². The molecule has 4 heteroatoms. The van der Waals surface area contributed by atoms with Crippen LogP contribution in [0.2, 0.25) is 0 Å². The average molecular weight is 170 g/mol. The van der Waals surface area contributed by atoms with Crippen LogP contribution in [-0.4, -0.2) is 24.7 Å². The van der Waals surface area contributed by atoms with Crippen molar-refractivity contribution in [3.05, 3.63) is 0 Å². The molecule has 0 aromatic heterocycles. The van der Waals surface area contributed by atoms with Crippen LogP contribution in [0.15, 0.2) is 0 Å². The zero-order valence-corrected chi connectivity index (χ0v) is 7.63. The van der Waals surface area contributed by atoms with E-state index in [4.69, 9.17) is 10.00 Å². The molecule has 0 fully saturated rings. The van der Waals surface area contributed by atoms with Crippen LogP contribution < -0.4 is 5.32 Å². The van der Waals surface area contributed by atoms with E-state index in [0.717, 1.165) is 0 Å². The van der Waals surface area contributed by atoms with E-state index >= 15 is 0 Å². The highest BCUT2D eigenvalue weighted by Gasteiger charge is 2.15. The molecule has 0 aromatic rings. The lowest BCUT2D eigenvalue weighted by Crippen LogP contribution is -2.40. The number of hydrogen-bond donors (Lipinski definition) is 1. The average Bonchev–Trinajstić information content (AvgIpc) is 2.04. The number of rotatable bonds is 4. The van der Waals surface area contributed by atoms with Crippen molar-refractivity contribution in [3.8, 4) is 6.07 Å². The highest BCUT2D eigenvalue weighted by Crippen LogP contribution is 1.90. The highest BCUT2D eigenvalue weighted by molar-refractivity contribution is 5.75. The molecule has 0 aliphatic rings. The third-order valence-electron chi connectivity index (χ3n) is 1.33. The summed E-state index contributed by atoms with van der Waals surface area (Å²) < 4.78 is 4.74. The third-order valence-corrected chi connectivity index (χ3v) is 1.33. The van der Waals surface area contributed by atoms with E-state index in [9.17, 15) is 4.79 Å². The van der Waals surface area contributed by atoms with Gasteiger partial charge < -0.3 is 4.74 Å². The van der Waals surface area contributed by atoms with Crippen LogP contribution in [0.4, 0.5) is 0 Å². The molecule has 0 radical (unpaired) electrons. The van der Waals surface area contributed by atoms with Gasteiger partial charge in [-0.25, -0.2) is 0 Å². The Bertz CT molecular complexity index is 186. The second-order valence-electron chi connectivity index (χ2n) is 2.49. The predicted octanol–water partition coefficient (Wildman–Crippen LogP) is 0.440. The van der Waals surface area contributed by atoms with Crippen molar-refractivity contribution in [1.29, 1.82) is 5.26 Å². The first-order chi connectivity index (χ1) is 5.61. The van der Waals surface area contributed by atoms with Gasteiger partial charge in [-0.15, -0.1) is 0 Å². The Labute approximate surface area is 72.5 Å². The van der Waals surface area contributed by atoms with Crippen LogP contribution >= 0.6 is 0 Å². The highest BCUT2D eigenvalue weighted by atomic mass is 16.5. The van der Waals surface area contributed by atoms with E-state index in [1.54, 1.807) is 20.8 Å². The van der Waals surface area contributed by atoms with Crippen molar-refractivity contribution in [2.75, 3.05) is 6.61 Å². The van der Waals surface area contributed by atoms with Crippen LogP contribution in [0, 0.1) is 11.3 Å². The Morgan fingerprint density at radius 3 is 2.67 bits per heavy atom. The van der Waals surface area contributed by atoms with Gasteiger partial charge in [0.1, 0.15) is 6.04 Å². The zero-order valence-electron chi connectivity index (χ0n) is 7.63. The van der Waals surface area contributed by atoms with Gasteiger partial charge in [0.25, 0.3) is 0 Å². The molecule has 1 unspecified atom stereocenters. The van der Waals surface area contributed by atoms with E-state index in [1.165, 1.54) is 0 Å². The molecule has 1 N–H and O–H groups in total. The lowest BCUT2D eigenvalue weighted by Gasteiger charge is -2.13. The molecule has 0 saturated heterocycles. The fourth-order valence-electron chi connectivity index (χ4n) is 0.748. The van der Waals surface area contributed by atoms with Gasteiger partial charge in [-0.3, -0.25) is 10.1 Å². The summed E-state index contributed by atoms with van der Waals surface area (Å²) in [5.41, 5.74) is 0. The summed E-state index contributed by atoms with van der Waals surface area (Å²) in [7, 11) is 0. The molecule has 0 aliphatic carbocycles. The zero-order chi connectivity index (χ0) is 9.56. The van der Waals surface area contributed by atoms with Crippen LogP contribution in [0.3, 0.4) is 0 Å². The van der Waals surface area contributed by atoms with E-state index < -0.39 is 6.04 Å². The summed E-state index contributed by atoms with van der Waals surface area (Å²) in [5.74, 6) is -0.320. The SMILES string of the molecule is CCOC(=O)[C@H](C)NC(C)C#N. The molecule has 0 rings (SSSR count). The second-order valence-corrected chi connectivity index (χ2v) is 2.49. The van der Waals surface area contributed by atoms with Crippen LogP contribution in [0.25, 0.3) is 0 Å². The van der Waals surface area contributed by atoms with E-state index in [1.807, 2.05) is 6.07 Å². The minimum absolute atomic E-state index is 0.320. The number of nitrogens with zero attached hydrogens (tertiary/aromatic N) is 1. The molecule has 12 heavy (non-hydrogen) atoms. The molecule has 0 aromatic carbocycles. The van der Waals surface area contributed by atoms with Gasteiger partial charge in [-0.1, -0.05) is 0 Å². The molecule has 2 atom stereocenters. The van der Waals surface area contributed by atoms with Crippen molar-refractivity contribution in [2.24, 2.45) is 0 Å². The molecular weight excluding hydrogens is 156 g/mol. The minimum atomic E-state index is -0.417. The number of hydrogen-bond acceptors (Lipinski definition) is 4. The fourth-order valence-corrected chi connectivity index (χ4v) is 0.748. The Balaban J connectivity index is 3.80. The Morgan fingerprint density at radius 1 is 1.67 bits per heavy atom. The molecule has 0 spiro atoms. The van der Waals surface area contributed by atoms with Crippen LogP contribution in [0.5, 0.6) is 0 Å². The lowest BCUT2D eigenvalue weighted by molar-refractivity contribution is -0.145. The molecule has 0 aliphatic heterocycles. The van der Waals surface area contributed by atoms with Gasteiger partial charge in [0.05, 0.1) is 18.7 Å². The monoisotopic (exact) mass is 170 g/mol. The fraction of sp³-hybridized carbons (Fsp3) is 0.750. The normalized spacial score (nSPS) is 14.5. The van der Waals surface area contributed by atoms with Gasteiger partial charge in [-0.05, 0) is 20.8 Å². The van der Waals surface area contributed by atoms with Crippen LogP contribution in [0.1, 0.15) is 20.8 Å². The predicted molar refractivity (Wildman–Crippen MR) is 44.3 cm³/mol. The maximum atomic E-state index is 11.0. The Morgan fingerprint density at radius 2 is 2.25 bits per heavy atom. The number of nitriles is 1. The van der Waals surface area contributed by atoms with Crippen molar-refractivity contribution in [2.45, 2.75) is 32.9 Å². The topological polar surface area (TPSA) is 62.1 Å². The van der Waals surface area contributed by atoms with Gasteiger partial charge in [-0.2, -0.15) is 5.26 Å². The van der Waals surface area contributed by atoms with Gasteiger partial charge in [0.15, 0.2) is 0 Å². The Kier molecular flexibility index (Phi) is 5.06. The summed E-state index contributed by atoms with van der Waals surface area (Å²) in [4.78, 5) is 11.0. The quantitative estimate of drug-likeness (QED) is 0.622. The van der Waals surface area contributed by atoms with Crippen molar-refractivity contribution in [3.63, 3.8) is 0 Å². The van der Waals surface area contributed by atoms with Gasteiger partial charge in [0.2, 0.25) is 0 Å². The number of ether oxygens (including phenoxy) is 1. The second kappa shape index (κ2) is 5.56. The minimum Gasteiger partial charge on any atom is -0.465 e. The number of nitrogens with one attached hydrogen (secondary N) is 1. The first kappa shape index (κ1) is 10.9. The number of esters is 1. The molecule has 0 amide bonds. The molecule has 0 heterocycles. The van der Waals surface area contributed by atoms with Crippen molar-refractivity contribution in [1.82, 2.24) is 5.32 Å². The van der Waals surface area contributed by atoms with Gasteiger partial charge >= 0.3 is 5.97 Å². The number of carbonyl (C=O) groups is 1. The first-order valence-corrected chi connectivity index (χ1v) is 3.94. The first-order valence-electron chi connectivity index (χ1n) is 3.94. The molecule has 68 valence electrons. The van der Waals surface area contributed by atoms with Crippen molar-refractivity contribution < 1.29 is 9.53 Å². The third kappa shape index (κ3) is 3.94. The Hall–Kier alpha value is -1.08. The largest absolute Gasteiger partial charge is 0.465 e. The molecular formula is C8H14N2O2.